The molecule has 0 fully saturated rings. The van der Waals surface area contributed by atoms with Crippen molar-refractivity contribution in [3.05, 3.63) is 107 Å². The van der Waals surface area contributed by atoms with Crippen molar-refractivity contribution in [3.8, 4) is 0 Å². The first-order chi connectivity index (χ1) is 16.9. The van der Waals surface area contributed by atoms with Gasteiger partial charge in [0, 0.05) is 23.2 Å². The van der Waals surface area contributed by atoms with Crippen molar-refractivity contribution in [2.24, 2.45) is 0 Å². The highest BCUT2D eigenvalue weighted by Crippen LogP contribution is 2.35. The third kappa shape index (κ3) is 26.6. The van der Waals surface area contributed by atoms with Crippen molar-refractivity contribution in [2.45, 2.75) is 47.0 Å². The van der Waals surface area contributed by atoms with E-state index in [0.29, 0.717) is 17.9 Å². The molecule has 0 rings (SSSR count). The average Bonchev–Trinajstić information content (AvgIpc) is 2.82. The van der Waals surface area contributed by atoms with Crippen LogP contribution in [0.3, 0.4) is 0 Å². The first-order valence-corrected chi connectivity index (χ1v) is 14.5. The number of allylic oxidation sites excluding steroid dienone is 13. The Morgan fingerprint density at radius 3 is 2.22 bits per heavy atom. The number of rotatable bonds is 14. The molecule has 1 unspecified atom stereocenters. The number of halogens is 3. The van der Waals surface area contributed by atoms with Crippen molar-refractivity contribution in [3.63, 3.8) is 0 Å². The maximum Gasteiger partial charge on any atom is 0.233 e. The maximum absolute atomic E-state index is 11.9. The van der Waals surface area contributed by atoms with E-state index in [1.54, 1.807) is 36.5 Å². The van der Waals surface area contributed by atoms with Gasteiger partial charge in [-0.25, -0.2) is 4.39 Å². The van der Waals surface area contributed by atoms with Gasteiger partial charge in [0.15, 0.2) is 6.35 Å². The molecular weight excluding hydrogens is 521 g/mol. The quantitative estimate of drug-likeness (QED) is 0.125. The van der Waals surface area contributed by atoms with Crippen molar-refractivity contribution in [1.82, 2.24) is 0 Å². The SMILES string of the molecule is C=C(/C=C(/Cl)C/C(CC)=C(\C)Cl)OCP(C)(=O)O.C=C/C=C\C(O)=C\CC(/C=C\CF)=C/C=C.CC. The Bertz CT molecular complexity index is 887. The molecular formula is C28H42Cl2FO4P. The molecule has 0 aromatic carbocycles. The number of hydrogen-bond acceptors (Lipinski definition) is 3. The molecule has 4 nitrogen and oxygen atoms in total. The highest BCUT2D eigenvalue weighted by molar-refractivity contribution is 7.56. The summed E-state index contributed by atoms with van der Waals surface area (Å²) in [5.41, 5.74) is 1.92. The lowest BCUT2D eigenvalue weighted by molar-refractivity contribution is 0.266. The third-order valence-electron chi connectivity index (χ3n) is 3.81. The Hall–Kier alpha value is -2.04. The number of aliphatic hydroxyl groups excluding tert-OH is 1. The molecule has 0 spiro atoms. The van der Waals surface area contributed by atoms with Gasteiger partial charge >= 0.3 is 0 Å². The van der Waals surface area contributed by atoms with Gasteiger partial charge in [0.2, 0.25) is 7.37 Å². The number of aliphatic hydroxyl groups is 1. The van der Waals surface area contributed by atoms with Gasteiger partial charge in [-0.1, -0.05) is 106 Å². The van der Waals surface area contributed by atoms with Gasteiger partial charge in [-0.15, -0.1) is 0 Å². The molecule has 204 valence electrons. The minimum Gasteiger partial charge on any atom is -0.508 e. The molecule has 36 heavy (non-hydrogen) atoms. The molecule has 0 aliphatic heterocycles. The normalized spacial score (nSPS) is 14.6. The van der Waals surface area contributed by atoms with Crippen LogP contribution in [0, 0.1) is 0 Å². The standard InChI is InChI=1S/C14H17FO.C12H19Cl2O3P.C2H6/c1-3-5-9-14(16)11-10-13(7-4-2)8-6-12-15;1-5-11(10(3)13)7-12(14)6-9(2)17-8-18(4,15)16;1-2/h3-9,11,16H,1-2,10,12H2;6H,2,5,7-8H2,1,3-4H3,(H,15,16);1-2H3/b8-6-,9-5-,13-7+,14-11-;11-10+,12-6+;. The third-order valence-corrected chi connectivity index (χ3v) is 4.92. The topological polar surface area (TPSA) is 66.8 Å². The van der Waals surface area contributed by atoms with Crippen LogP contribution in [0.1, 0.15) is 47.0 Å². The first-order valence-electron chi connectivity index (χ1n) is 11.4. The molecule has 0 aliphatic carbocycles. The van der Waals surface area contributed by atoms with E-state index < -0.39 is 14.0 Å². The second-order valence-electron chi connectivity index (χ2n) is 7.01. The molecule has 0 bridgehead atoms. The van der Waals surface area contributed by atoms with Crippen LogP contribution < -0.4 is 0 Å². The monoisotopic (exact) mass is 562 g/mol. The van der Waals surface area contributed by atoms with Crippen LogP contribution in [0.4, 0.5) is 4.39 Å². The summed E-state index contributed by atoms with van der Waals surface area (Å²) in [4.78, 5) is 9.07. The van der Waals surface area contributed by atoms with Gasteiger partial charge in [0.05, 0.1) is 0 Å². The molecule has 0 aromatic heterocycles. The van der Waals surface area contributed by atoms with E-state index in [4.69, 9.17) is 32.8 Å². The molecule has 0 aliphatic rings. The van der Waals surface area contributed by atoms with Gasteiger partial charge in [0.1, 0.15) is 18.2 Å². The second kappa shape index (κ2) is 24.6. The van der Waals surface area contributed by atoms with Crippen molar-refractivity contribution in [2.75, 3.05) is 19.7 Å². The van der Waals surface area contributed by atoms with E-state index in [0.717, 1.165) is 22.6 Å². The largest absolute Gasteiger partial charge is 0.508 e. The van der Waals surface area contributed by atoms with Crippen LogP contribution in [0.15, 0.2) is 107 Å². The summed E-state index contributed by atoms with van der Waals surface area (Å²) in [6.45, 7) is 19.2. The highest BCUT2D eigenvalue weighted by Gasteiger charge is 2.10. The van der Waals surface area contributed by atoms with E-state index in [-0.39, 0.29) is 17.9 Å². The fraction of sp³-hybridized carbons (Fsp3) is 0.357. The number of ether oxygens (including phenoxy) is 1. The van der Waals surface area contributed by atoms with Crippen LogP contribution in [0.2, 0.25) is 0 Å². The number of hydrogen-bond donors (Lipinski definition) is 2. The van der Waals surface area contributed by atoms with Gasteiger partial charge in [-0.05, 0) is 43.6 Å². The maximum atomic E-state index is 11.9. The van der Waals surface area contributed by atoms with E-state index in [2.05, 4.69) is 19.7 Å². The van der Waals surface area contributed by atoms with Crippen LogP contribution in [-0.4, -0.2) is 29.7 Å². The second-order valence-corrected chi connectivity index (χ2v) is 10.4. The molecule has 0 amide bonds. The summed E-state index contributed by atoms with van der Waals surface area (Å²) >= 11 is 12.0. The van der Waals surface area contributed by atoms with E-state index >= 15 is 0 Å². The Kier molecular flexibility index (Phi) is 26.3. The van der Waals surface area contributed by atoms with E-state index in [9.17, 15) is 14.1 Å². The van der Waals surface area contributed by atoms with E-state index in [1.807, 2.05) is 27.7 Å². The zero-order valence-corrected chi connectivity index (χ0v) is 24.6. The van der Waals surface area contributed by atoms with Gasteiger partial charge < -0.3 is 14.7 Å². The summed E-state index contributed by atoms with van der Waals surface area (Å²) in [6.07, 6.45) is 16.0. The van der Waals surface area contributed by atoms with Gasteiger partial charge in [0.25, 0.3) is 0 Å². The Morgan fingerprint density at radius 1 is 1.17 bits per heavy atom. The molecule has 2 N–H and O–H groups in total. The minimum absolute atomic E-state index is 0.156. The fourth-order valence-corrected chi connectivity index (χ4v) is 3.05. The summed E-state index contributed by atoms with van der Waals surface area (Å²) in [5.74, 6) is 0.419. The van der Waals surface area contributed by atoms with Crippen LogP contribution in [-0.2, 0) is 9.30 Å². The Morgan fingerprint density at radius 2 is 1.78 bits per heavy atom. The van der Waals surface area contributed by atoms with Gasteiger partial charge in [-0.2, -0.15) is 0 Å². The molecule has 0 heterocycles. The predicted molar refractivity (Wildman–Crippen MR) is 158 cm³/mol. The zero-order chi connectivity index (χ0) is 28.6. The zero-order valence-electron chi connectivity index (χ0n) is 22.1. The van der Waals surface area contributed by atoms with Crippen LogP contribution >= 0.6 is 30.6 Å². The lowest BCUT2D eigenvalue weighted by Crippen LogP contribution is -1.93. The molecule has 0 radical (unpaired) electrons. The fourth-order valence-electron chi connectivity index (χ4n) is 2.16. The Balaban J connectivity index is -0.000000569. The lowest BCUT2D eigenvalue weighted by atomic mass is 10.1. The summed E-state index contributed by atoms with van der Waals surface area (Å²) < 4.78 is 28.0. The van der Waals surface area contributed by atoms with Crippen molar-refractivity contribution in [1.29, 1.82) is 0 Å². The summed E-state index contributed by atoms with van der Waals surface area (Å²) in [6, 6.07) is 0. The van der Waals surface area contributed by atoms with Crippen LogP contribution in [0.25, 0.3) is 0 Å². The summed E-state index contributed by atoms with van der Waals surface area (Å²) in [5, 5.41) is 10.7. The first kappa shape index (κ1) is 38.5. The smallest absolute Gasteiger partial charge is 0.233 e. The average molecular weight is 564 g/mol. The summed E-state index contributed by atoms with van der Waals surface area (Å²) in [7, 11) is -3.20. The lowest BCUT2D eigenvalue weighted by Gasteiger charge is -2.09. The van der Waals surface area contributed by atoms with Crippen molar-refractivity contribution >= 4 is 30.6 Å². The minimum atomic E-state index is -3.20. The van der Waals surface area contributed by atoms with Crippen LogP contribution in [0.5, 0.6) is 0 Å². The predicted octanol–water partition coefficient (Wildman–Crippen LogP) is 10.0. The molecule has 0 aromatic rings. The van der Waals surface area contributed by atoms with E-state index in [1.165, 1.54) is 24.9 Å². The molecule has 1 atom stereocenters. The van der Waals surface area contributed by atoms with Gasteiger partial charge in [-0.3, -0.25) is 4.57 Å². The molecule has 0 saturated heterocycles. The number of alkyl halides is 1. The molecule has 0 saturated carbocycles. The Labute approximate surface area is 227 Å². The highest BCUT2D eigenvalue weighted by atomic mass is 35.5. The molecule has 8 heteroatoms. The van der Waals surface area contributed by atoms with Crippen molar-refractivity contribution < 1.29 is 23.7 Å².